The Hall–Kier alpha value is -1.58. The lowest BCUT2D eigenvalue weighted by molar-refractivity contribution is -0.128. The van der Waals surface area contributed by atoms with Gasteiger partial charge in [0.05, 0.1) is 12.2 Å². The molecule has 1 aromatic rings. The Balaban J connectivity index is 1.98. The van der Waals surface area contributed by atoms with Crippen LogP contribution in [0.2, 0.25) is 0 Å². The highest BCUT2D eigenvalue weighted by molar-refractivity contribution is 5.78. The van der Waals surface area contributed by atoms with Gasteiger partial charge in [0.2, 0.25) is 5.91 Å². The number of nitrogens with one attached hydrogen (secondary N) is 1. The van der Waals surface area contributed by atoms with Gasteiger partial charge in [-0.2, -0.15) is 0 Å². The van der Waals surface area contributed by atoms with E-state index in [2.05, 4.69) is 24.1 Å². The Morgan fingerprint density at radius 2 is 2.39 bits per heavy atom. The minimum absolute atomic E-state index is 0.247. The first-order chi connectivity index (χ1) is 8.69. The molecule has 18 heavy (non-hydrogen) atoms. The number of hydrogen-bond donors (Lipinski definition) is 1. The summed E-state index contributed by atoms with van der Waals surface area (Å²) >= 11 is 0. The second-order valence-electron chi connectivity index (χ2n) is 5.05. The lowest BCUT2D eigenvalue weighted by Crippen LogP contribution is -2.24. The first kappa shape index (κ1) is 12.9. The summed E-state index contributed by atoms with van der Waals surface area (Å²) in [5.74, 6) is 0.718. The molecule has 1 N–H and O–H groups in total. The van der Waals surface area contributed by atoms with Crippen LogP contribution in [0, 0.1) is 5.92 Å². The summed E-state index contributed by atoms with van der Waals surface area (Å²) in [6.07, 6.45) is 3.57. The number of carbonyl (C=O) groups is 1. The minimum Gasteiger partial charge on any atom is -0.385 e. The van der Waals surface area contributed by atoms with E-state index in [0.717, 1.165) is 30.9 Å². The van der Waals surface area contributed by atoms with E-state index in [1.807, 2.05) is 17.0 Å². The number of rotatable bonds is 5. The van der Waals surface area contributed by atoms with Crippen molar-refractivity contribution in [1.29, 1.82) is 0 Å². The van der Waals surface area contributed by atoms with Crippen molar-refractivity contribution in [2.75, 3.05) is 18.4 Å². The zero-order valence-corrected chi connectivity index (χ0v) is 11.1. The maximum Gasteiger partial charge on any atom is 0.223 e. The molecule has 0 aromatic carbocycles. The molecule has 0 spiro atoms. The van der Waals surface area contributed by atoms with Gasteiger partial charge in [-0.05, 0) is 24.5 Å². The molecule has 1 aliphatic heterocycles. The van der Waals surface area contributed by atoms with Gasteiger partial charge in [0.25, 0.3) is 0 Å². The van der Waals surface area contributed by atoms with E-state index in [1.165, 1.54) is 0 Å². The summed E-state index contributed by atoms with van der Waals surface area (Å²) in [6, 6.07) is 4.00. The third-order valence-electron chi connectivity index (χ3n) is 3.16. The van der Waals surface area contributed by atoms with Crippen molar-refractivity contribution in [3.05, 3.63) is 24.0 Å². The summed E-state index contributed by atoms with van der Waals surface area (Å²) in [5.41, 5.74) is 2.04. The second kappa shape index (κ2) is 5.85. The fourth-order valence-electron chi connectivity index (χ4n) is 2.26. The van der Waals surface area contributed by atoms with Gasteiger partial charge in [-0.15, -0.1) is 0 Å². The highest BCUT2D eigenvalue weighted by Gasteiger charge is 2.26. The quantitative estimate of drug-likeness (QED) is 0.868. The van der Waals surface area contributed by atoms with Gasteiger partial charge in [0.1, 0.15) is 0 Å². The van der Waals surface area contributed by atoms with Crippen LogP contribution in [-0.4, -0.2) is 28.9 Å². The Kier molecular flexibility index (Phi) is 4.18. The van der Waals surface area contributed by atoms with Crippen LogP contribution in [0.4, 0.5) is 5.69 Å². The average Bonchev–Trinajstić information content (AvgIpc) is 2.66. The zero-order valence-electron chi connectivity index (χ0n) is 11.1. The molecule has 1 atom stereocenters. The monoisotopic (exact) mass is 247 g/mol. The van der Waals surface area contributed by atoms with Crippen molar-refractivity contribution in [2.45, 2.75) is 33.2 Å². The lowest BCUT2D eigenvalue weighted by atomic mass is 10.2. The van der Waals surface area contributed by atoms with Crippen molar-refractivity contribution >= 4 is 11.6 Å². The normalized spacial score (nSPS) is 19.3. The van der Waals surface area contributed by atoms with E-state index in [9.17, 15) is 4.79 Å². The van der Waals surface area contributed by atoms with Gasteiger partial charge in [-0.3, -0.25) is 9.78 Å². The largest absolute Gasteiger partial charge is 0.385 e. The zero-order chi connectivity index (χ0) is 13.0. The maximum atomic E-state index is 11.7. The number of amides is 1. The predicted octanol–water partition coefficient (Wildman–Crippen LogP) is 2.27. The Bertz CT molecular complexity index is 419. The molecule has 1 amide bonds. The molecule has 1 aliphatic rings. The van der Waals surface area contributed by atoms with Gasteiger partial charge >= 0.3 is 0 Å². The number of hydrogen-bond acceptors (Lipinski definition) is 3. The van der Waals surface area contributed by atoms with Crippen LogP contribution in [0.1, 0.15) is 32.4 Å². The molecule has 98 valence electrons. The molecule has 2 heterocycles. The Labute approximate surface area is 108 Å². The summed E-state index contributed by atoms with van der Waals surface area (Å²) in [4.78, 5) is 18.0. The molecular weight excluding hydrogens is 226 g/mol. The van der Waals surface area contributed by atoms with Gasteiger partial charge in [0.15, 0.2) is 0 Å². The smallest absolute Gasteiger partial charge is 0.223 e. The van der Waals surface area contributed by atoms with E-state index >= 15 is 0 Å². The molecule has 2 rings (SSSR count). The Morgan fingerprint density at radius 3 is 3.06 bits per heavy atom. The fourth-order valence-corrected chi connectivity index (χ4v) is 2.26. The summed E-state index contributed by atoms with van der Waals surface area (Å²) in [6.45, 7) is 6.70. The average molecular weight is 247 g/mol. The van der Waals surface area contributed by atoms with Crippen LogP contribution in [0.15, 0.2) is 18.3 Å². The van der Waals surface area contributed by atoms with Crippen molar-refractivity contribution in [3.63, 3.8) is 0 Å². The maximum absolute atomic E-state index is 11.7. The van der Waals surface area contributed by atoms with Crippen LogP contribution in [0.3, 0.4) is 0 Å². The highest BCUT2D eigenvalue weighted by atomic mass is 16.2. The SMILES string of the molecule is CCCNc1ccnc(CN2CC(C)CC2=O)c1. The van der Waals surface area contributed by atoms with Crippen molar-refractivity contribution < 1.29 is 4.79 Å². The van der Waals surface area contributed by atoms with Gasteiger partial charge < -0.3 is 10.2 Å². The third-order valence-corrected chi connectivity index (χ3v) is 3.16. The summed E-state index contributed by atoms with van der Waals surface area (Å²) in [5, 5.41) is 3.34. The molecular formula is C14H21N3O. The molecule has 0 saturated carbocycles. The number of aromatic nitrogens is 1. The van der Waals surface area contributed by atoms with Crippen LogP contribution >= 0.6 is 0 Å². The number of carbonyl (C=O) groups excluding carboxylic acids is 1. The molecule has 1 fully saturated rings. The summed E-state index contributed by atoms with van der Waals surface area (Å²) < 4.78 is 0. The van der Waals surface area contributed by atoms with E-state index in [0.29, 0.717) is 18.9 Å². The van der Waals surface area contributed by atoms with E-state index in [-0.39, 0.29) is 5.91 Å². The van der Waals surface area contributed by atoms with Gasteiger partial charge in [0, 0.05) is 31.4 Å². The number of nitrogens with zero attached hydrogens (tertiary/aromatic N) is 2. The minimum atomic E-state index is 0.247. The van der Waals surface area contributed by atoms with Gasteiger partial charge in [-0.25, -0.2) is 0 Å². The predicted molar refractivity (Wildman–Crippen MR) is 72.2 cm³/mol. The van der Waals surface area contributed by atoms with Crippen LogP contribution in [0.25, 0.3) is 0 Å². The van der Waals surface area contributed by atoms with Gasteiger partial charge in [-0.1, -0.05) is 13.8 Å². The van der Waals surface area contributed by atoms with Crippen molar-refractivity contribution in [1.82, 2.24) is 9.88 Å². The molecule has 1 aromatic heterocycles. The van der Waals surface area contributed by atoms with Crippen molar-refractivity contribution in [3.8, 4) is 0 Å². The molecule has 4 heteroatoms. The van der Waals surface area contributed by atoms with E-state index in [1.54, 1.807) is 6.20 Å². The number of pyridine rings is 1. The second-order valence-corrected chi connectivity index (χ2v) is 5.05. The standard InChI is InChI=1S/C14H21N3O/c1-3-5-15-12-4-6-16-13(8-12)10-17-9-11(2)7-14(17)18/h4,6,8,11H,3,5,7,9-10H2,1-2H3,(H,15,16). The number of likely N-dealkylation sites (tertiary alicyclic amines) is 1. The molecule has 1 unspecified atom stereocenters. The van der Waals surface area contributed by atoms with Crippen LogP contribution in [0.5, 0.6) is 0 Å². The molecule has 0 radical (unpaired) electrons. The van der Waals surface area contributed by atoms with E-state index in [4.69, 9.17) is 0 Å². The molecule has 4 nitrogen and oxygen atoms in total. The van der Waals surface area contributed by atoms with Crippen molar-refractivity contribution in [2.24, 2.45) is 5.92 Å². The molecule has 1 saturated heterocycles. The molecule has 0 bridgehead atoms. The van der Waals surface area contributed by atoms with Crippen LogP contribution < -0.4 is 5.32 Å². The summed E-state index contributed by atoms with van der Waals surface area (Å²) in [7, 11) is 0. The Morgan fingerprint density at radius 1 is 1.56 bits per heavy atom. The van der Waals surface area contributed by atoms with Crippen LogP contribution in [-0.2, 0) is 11.3 Å². The fraction of sp³-hybridized carbons (Fsp3) is 0.571. The topological polar surface area (TPSA) is 45.2 Å². The third kappa shape index (κ3) is 3.22. The molecule has 0 aliphatic carbocycles. The first-order valence-corrected chi connectivity index (χ1v) is 6.65. The lowest BCUT2D eigenvalue weighted by Gasteiger charge is -2.16. The van der Waals surface area contributed by atoms with E-state index < -0.39 is 0 Å². The highest BCUT2D eigenvalue weighted by Crippen LogP contribution is 2.19. The number of anilines is 1. The first-order valence-electron chi connectivity index (χ1n) is 6.65.